The average Bonchev–Trinajstić information content (AvgIpc) is 2.40. The topological polar surface area (TPSA) is 38.3 Å². The summed E-state index contributed by atoms with van der Waals surface area (Å²) in [5.41, 5.74) is 1.30. The number of halogens is 4. The summed E-state index contributed by atoms with van der Waals surface area (Å²) in [5.74, 6) is 0.114. The third-order valence-electron chi connectivity index (χ3n) is 2.75. The van der Waals surface area contributed by atoms with Crippen LogP contribution >= 0.6 is 57.4 Å². The Morgan fingerprint density at radius 1 is 1.18 bits per heavy atom. The molecule has 0 radical (unpaired) electrons. The number of aryl methyl sites for hydroxylation is 1. The normalized spacial score (nSPS) is 10.4. The minimum atomic E-state index is -0.325. The highest BCUT2D eigenvalue weighted by Gasteiger charge is 2.11. The van der Waals surface area contributed by atoms with E-state index in [4.69, 9.17) is 39.5 Å². The SMILES string of the molecule is Cc1cc(Cl)cc(Cl)c1OCC(=O)Nc1ccc(I)cc1Cl. The van der Waals surface area contributed by atoms with Gasteiger partial charge in [0.1, 0.15) is 5.75 Å². The highest BCUT2D eigenvalue weighted by molar-refractivity contribution is 14.1. The van der Waals surface area contributed by atoms with E-state index in [-0.39, 0.29) is 12.5 Å². The van der Waals surface area contributed by atoms with E-state index in [0.29, 0.717) is 26.5 Å². The smallest absolute Gasteiger partial charge is 0.262 e. The van der Waals surface area contributed by atoms with Crippen molar-refractivity contribution in [1.29, 1.82) is 0 Å². The molecular weight excluding hydrogens is 459 g/mol. The monoisotopic (exact) mass is 469 g/mol. The zero-order chi connectivity index (χ0) is 16.3. The second-order valence-electron chi connectivity index (χ2n) is 4.49. The molecule has 0 saturated heterocycles. The van der Waals surface area contributed by atoms with Crippen molar-refractivity contribution in [3.63, 3.8) is 0 Å². The van der Waals surface area contributed by atoms with E-state index in [1.165, 1.54) is 0 Å². The van der Waals surface area contributed by atoms with Crippen LogP contribution in [0.3, 0.4) is 0 Å². The largest absolute Gasteiger partial charge is 0.482 e. The standard InChI is InChI=1S/C15H11Cl3INO2/c1-8-4-9(16)5-12(18)15(8)22-7-14(21)20-13-3-2-10(19)6-11(13)17/h2-6H,7H2,1H3,(H,20,21). The lowest BCUT2D eigenvalue weighted by Crippen LogP contribution is -2.20. The Balaban J connectivity index is 2.02. The first-order chi connectivity index (χ1) is 10.4. The van der Waals surface area contributed by atoms with E-state index in [9.17, 15) is 4.79 Å². The van der Waals surface area contributed by atoms with Crippen LogP contribution in [-0.2, 0) is 4.79 Å². The first-order valence-electron chi connectivity index (χ1n) is 6.20. The van der Waals surface area contributed by atoms with Crippen molar-refractivity contribution in [2.75, 3.05) is 11.9 Å². The van der Waals surface area contributed by atoms with Gasteiger partial charge >= 0.3 is 0 Å². The number of benzene rings is 2. The fraction of sp³-hybridized carbons (Fsp3) is 0.133. The predicted octanol–water partition coefficient (Wildman–Crippen LogP) is 5.58. The van der Waals surface area contributed by atoms with Crippen molar-refractivity contribution in [3.05, 3.63) is 54.5 Å². The summed E-state index contributed by atoms with van der Waals surface area (Å²) >= 11 is 20.2. The van der Waals surface area contributed by atoms with Crippen LogP contribution < -0.4 is 10.1 Å². The molecule has 2 aromatic rings. The second-order valence-corrected chi connectivity index (χ2v) is 6.99. The lowest BCUT2D eigenvalue weighted by atomic mass is 10.2. The lowest BCUT2D eigenvalue weighted by Gasteiger charge is -2.12. The van der Waals surface area contributed by atoms with Crippen LogP contribution in [-0.4, -0.2) is 12.5 Å². The van der Waals surface area contributed by atoms with E-state index in [1.54, 1.807) is 31.2 Å². The summed E-state index contributed by atoms with van der Waals surface area (Å²) in [6, 6.07) is 8.64. The molecule has 3 nitrogen and oxygen atoms in total. The number of nitrogens with one attached hydrogen (secondary N) is 1. The number of rotatable bonds is 4. The maximum Gasteiger partial charge on any atom is 0.262 e. The molecule has 0 aromatic heterocycles. The van der Waals surface area contributed by atoms with Crippen LogP contribution in [0, 0.1) is 10.5 Å². The maximum absolute atomic E-state index is 11.9. The number of carbonyl (C=O) groups excluding carboxylic acids is 1. The highest BCUT2D eigenvalue weighted by atomic mass is 127. The number of carbonyl (C=O) groups is 1. The Bertz CT molecular complexity index is 699. The van der Waals surface area contributed by atoms with E-state index < -0.39 is 0 Å². The number of hydrogen-bond donors (Lipinski definition) is 1. The van der Waals surface area contributed by atoms with Crippen LogP contribution in [0.5, 0.6) is 5.75 Å². The average molecular weight is 471 g/mol. The summed E-state index contributed by atoms with van der Waals surface area (Å²) in [6.45, 7) is 1.63. The van der Waals surface area contributed by atoms with Gasteiger partial charge in [0.2, 0.25) is 0 Å². The number of anilines is 1. The quantitative estimate of drug-likeness (QED) is 0.593. The van der Waals surface area contributed by atoms with Crippen LogP contribution in [0.2, 0.25) is 15.1 Å². The van der Waals surface area contributed by atoms with E-state index in [2.05, 4.69) is 27.9 Å². The Morgan fingerprint density at radius 2 is 1.91 bits per heavy atom. The van der Waals surface area contributed by atoms with Gasteiger partial charge in [-0.3, -0.25) is 4.79 Å². The van der Waals surface area contributed by atoms with Gasteiger partial charge in [0.25, 0.3) is 5.91 Å². The molecule has 2 aromatic carbocycles. The molecule has 1 N–H and O–H groups in total. The van der Waals surface area contributed by atoms with Gasteiger partial charge in [-0.25, -0.2) is 0 Å². The van der Waals surface area contributed by atoms with Crippen molar-refractivity contribution >= 4 is 69.0 Å². The van der Waals surface area contributed by atoms with E-state index in [1.807, 2.05) is 6.07 Å². The molecule has 0 heterocycles. The molecule has 0 fully saturated rings. The molecule has 0 aliphatic heterocycles. The Hall–Kier alpha value is -0.690. The van der Waals surface area contributed by atoms with Gasteiger partial charge in [-0.05, 0) is 65.4 Å². The molecule has 0 atom stereocenters. The fourth-order valence-corrected chi connectivity index (χ4v) is 3.34. The molecular formula is C15H11Cl3INO2. The summed E-state index contributed by atoms with van der Waals surface area (Å²) in [7, 11) is 0. The molecule has 0 aliphatic carbocycles. The number of hydrogen-bond acceptors (Lipinski definition) is 2. The lowest BCUT2D eigenvalue weighted by molar-refractivity contribution is -0.118. The van der Waals surface area contributed by atoms with Gasteiger partial charge in [-0.1, -0.05) is 34.8 Å². The summed E-state index contributed by atoms with van der Waals surface area (Å²) in [4.78, 5) is 11.9. The van der Waals surface area contributed by atoms with Gasteiger partial charge in [0, 0.05) is 8.59 Å². The van der Waals surface area contributed by atoms with Gasteiger partial charge in [-0.15, -0.1) is 0 Å². The molecule has 0 spiro atoms. The van der Waals surface area contributed by atoms with E-state index in [0.717, 1.165) is 9.13 Å². The molecule has 2 rings (SSSR count). The van der Waals surface area contributed by atoms with Crippen molar-refractivity contribution in [2.24, 2.45) is 0 Å². The van der Waals surface area contributed by atoms with Gasteiger partial charge in [0.05, 0.1) is 15.7 Å². The zero-order valence-corrected chi connectivity index (χ0v) is 15.8. The zero-order valence-electron chi connectivity index (χ0n) is 11.4. The molecule has 116 valence electrons. The molecule has 0 bridgehead atoms. The fourth-order valence-electron chi connectivity index (χ4n) is 1.79. The first kappa shape index (κ1) is 17.7. The van der Waals surface area contributed by atoms with Gasteiger partial charge < -0.3 is 10.1 Å². The van der Waals surface area contributed by atoms with Crippen molar-refractivity contribution in [1.82, 2.24) is 0 Å². The maximum atomic E-state index is 11.9. The highest BCUT2D eigenvalue weighted by Crippen LogP contribution is 2.32. The van der Waals surface area contributed by atoms with Crippen LogP contribution in [0.15, 0.2) is 30.3 Å². The van der Waals surface area contributed by atoms with Gasteiger partial charge in [0.15, 0.2) is 6.61 Å². The minimum absolute atomic E-state index is 0.176. The minimum Gasteiger partial charge on any atom is -0.482 e. The molecule has 0 unspecified atom stereocenters. The number of amides is 1. The van der Waals surface area contributed by atoms with Crippen molar-refractivity contribution in [3.8, 4) is 5.75 Å². The Morgan fingerprint density at radius 3 is 2.55 bits per heavy atom. The third-order valence-corrected chi connectivity index (χ3v) is 4.23. The van der Waals surface area contributed by atoms with Crippen LogP contribution in [0.25, 0.3) is 0 Å². The summed E-state index contributed by atoms with van der Waals surface area (Å²) in [6.07, 6.45) is 0. The molecule has 0 saturated carbocycles. The molecule has 22 heavy (non-hydrogen) atoms. The van der Waals surface area contributed by atoms with Crippen molar-refractivity contribution < 1.29 is 9.53 Å². The molecule has 1 amide bonds. The first-order valence-corrected chi connectivity index (χ1v) is 8.41. The van der Waals surface area contributed by atoms with E-state index >= 15 is 0 Å². The molecule has 7 heteroatoms. The number of ether oxygens (including phenoxy) is 1. The van der Waals surface area contributed by atoms with Crippen LogP contribution in [0.1, 0.15) is 5.56 Å². The van der Waals surface area contributed by atoms with Gasteiger partial charge in [-0.2, -0.15) is 0 Å². The third kappa shape index (κ3) is 4.65. The summed E-state index contributed by atoms with van der Waals surface area (Å²) < 4.78 is 6.46. The Labute approximate surface area is 157 Å². The summed E-state index contributed by atoms with van der Waals surface area (Å²) in [5, 5.41) is 4.05. The van der Waals surface area contributed by atoms with Crippen molar-refractivity contribution in [2.45, 2.75) is 6.92 Å². The second kappa shape index (κ2) is 7.73. The van der Waals surface area contributed by atoms with Crippen LogP contribution in [0.4, 0.5) is 5.69 Å². The molecule has 0 aliphatic rings. The predicted molar refractivity (Wildman–Crippen MR) is 99.5 cm³/mol. The Kier molecular flexibility index (Phi) is 6.20.